The van der Waals surface area contributed by atoms with Gasteiger partial charge in [-0.05, 0) is 6.07 Å². The third-order valence-electron chi connectivity index (χ3n) is 2.92. The number of aryl methyl sites for hydroxylation is 1. The number of carbonyl (C=O) groups is 1. The maximum atomic E-state index is 11.6. The lowest BCUT2D eigenvalue weighted by Gasteiger charge is -2.10. The molecule has 0 fully saturated rings. The summed E-state index contributed by atoms with van der Waals surface area (Å²) in [5, 5.41) is 14.0. The van der Waals surface area contributed by atoms with Gasteiger partial charge in [0.25, 0.3) is 0 Å². The maximum absolute atomic E-state index is 11.6. The van der Waals surface area contributed by atoms with Gasteiger partial charge in [0.15, 0.2) is 0 Å². The minimum absolute atomic E-state index is 0.0347. The van der Waals surface area contributed by atoms with Crippen LogP contribution in [0.5, 0.6) is 11.5 Å². The van der Waals surface area contributed by atoms with Crippen molar-refractivity contribution in [1.82, 2.24) is 9.78 Å². The number of nitrogen functional groups attached to an aromatic ring is 1. The molecule has 2 rings (SSSR count). The number of phenols is 1. The highest BCUT2D eigenvalue weighted by molar-refractivity contribution is 5.94. The average molecular weight is 277 g/mol. The molecule has 0 aliphatic carbocycles. The number of benzene rings is 1. The number of hydrogen-bond donors (Lipinski definition) is 2. The first-order valence-electron chi connectivity index (χ1n) is 5.77. The van der Waals surface area contributed by atoms with Gasteiger partial charge in [-0.25, -0.2) is 4.79 Å². The standard InChI is InChI=1S/C13H15N3O4/c1-16-12(14)5-9(15-16)7-4-8(13(18)20-3)10(17)6-11(7)19-2/h4-6,17H,14H2,1-3H3. The number of nitrogens with zero attached hydrogens (tertiary/aromatic N) is 2. The molecule has 0 saturated heterocycles. The molecule has 20 heavy (non-hydrogen) atoms. The minimum Gasteiger partial charge on any atom is -0.507 e. The zero-order valence-electron chi connectivity index (χ0n) is 11.4. The number of nitrogens with two attached hydrogens (primary N) is 1. The number of rotatable bonds is 3. The Kier molecular flexibility index (Phi) is 3.51. The average Bonchev–Trinajstić information content (AvgIpc) is 2.77. The van der Waals surface area contributed by atoms with Crippen LogP contribution in [-0.4, -0.2) is 35.1 Å². The number of hydrogen-bond acceptors (Lipinski definition) is 6. The van der Waals surface area contributed by atoms with Crippen LogP contribution in [0.1, 0.15) is 10.4 Å². The lowest BCUT2D eigenvalue weighted by atomic mass is 10.1. The van der Waals surface area contributed by atoms with Gasteiger partial charge in [-0.15, -0.1) is 0 Å². The fourth-order valence-electron chi connectivity index (χ4n) is 1.82. The molecule has 0 radical (unpaired) electrons. The van der Waals surface area contributed by atoms with E-state index in [0.717, 1.165) is 0 Å². The molecule has 0 aliphatic heterocycles. The van der Waals surface area contributed by atoms with Crippen LogP contribution < -0.4 is 10.5 Å². The van der Waals surface area contributed by atoms with Crippen LogP contribution in [0.25, 0.3) is 11.3 Å². The predicted molar refractivity (Wildman–Crippen MR) is 72.6 cm³/mol. The molecule has 0 atom stereocenters. The van der Waals surface area contributed by atoms with E-state index in [-0.39, 0.29) is 11.3 Å². The zero-order chi connectivity index (χ0) is 14.9. The van der Waals surface area contributed by atoms with E-state index in [9.17, 15) is 9.90 Å². The van der Waals surface area contributed by atoms with Gasteiger partial charge in [0.05, 0.1) is 19.9 Å². The summed E-state index contributed by atoms with van der Waals surface area (Å²) in [6.07, 6.45) is 0. The van der Waals surface area contributed by atoms with E-state index < -0.39 is 5.97 Å². The number of carbonyl (C=O) groups excluding carboxylic acids is 1. The molecule has 0 amide bonds. The topological polar surface area (TPSA) is 99.6 Å². The quantitative estimate of drug-likeness (QED) is 0.817. The van der Waals surface area contributed by atoms with Crippen LogP contribution >= 0.6 is 0 Å². The monoisotopic (exact) mass is 277 g/mol. The third kappa shape index (κ3) is 2.25. The van der Waals surface area contributed by atoms with E-state index in [1.54, 1.807) is 13.1 Å². The largest absolute Gasteiger partial charge is 0.507 e. The second kappa shape index (κ2) is 5.12. The Bertz CT molecular complexity index is 644. The number of aromatic hydroxyl groups is 1. The van der Waals surface area contributed by atoms with Crippen molar-refractivity contribution in [1.29, 1.82) is 0 Å². The van der Waals surface area contributed by atoms with E-state index in [1.165, 1.54) is 31.0 Å². The summed E-state index contributed by atoms with van der Waals surface area (Å²) in [7, 11) is 4.40. The van der Waals surface area contributed by atoms with E-state index >= 15 is 0 Å². The summed E-state index contributed by atoms with van der Waals surface area (Å²) in [5.74, 6) is -0.0142. The molecule has 0 unspecified atom stereocenters. The number of esters is 1. The molecule has 1 heterocycles. The fourth-order valence-corrected chi connectivity index (χ4v) is 1.82. The number of aromatic nitrogens is 2. The molecule has 7 nitrogen and oxygen atoms in total. The molecular weight excluding hydrogens is 262 g/mol. The van der Waals surface area contributed by atoms with Crippen molar-refractivity contribution in [3.63, 3.8) is 0 Å². The van der Waals surface area contributed by atoms with Gasteiger partial charge in [-0.2, -0.15) is 5.10 Å². The first kappa shape index (κ1) is 13.7. The number of ether oxygens (including phenoxy) is 2. The lowest BCUT2D eigenvalue weighted by Crippen LogP contribution is -2.03. The van der Waals surface area contributed by atoms with Crippen LogP contribution in [-0.2, 0) is 11.8 Å². The molecule has 0 bridgehead atoms. The van der Waals surface area contributed by atoms with Gasteiger partial charge in [-0.3, -0.25) is 4.68 Å². The Balaban J connectivity index is 2.64. The Hall–Kier alpha value is -2.70. The summed E-state index contributed by atoms with van der Waals surface area (Å²) in [6, 6.07) is 4.45. The highest BCUT2D eigenvalue weighted by Gasteiger charge is 2.19. The van der Waals surface area contributed by atoms with Crippen molar-refractivity contribution >= 4 is 11.8 Å². The van der Waals surface area contributed by atoms with Crippen molar-refractivity contribution in [3.8, 4) is 22.8 Å². The summed E-state index contributed by atoms with van der Waals surface area (Å²) < 4.78 is 11.3. The van der Waals surface area contributed by atoms with Gasteiger partial charge in [-0.1, -0.05) is 0 Å². The molecular formula is C13H15N3O4. The molecule has 3 N–H and O–H groups in total. The molecule has 0 saturated carbocycles. The highest BCUT2D eigenvalue weighted by atomic mass is 16.5. The number of anilines is 1. The third-order valence-corrected chi connectivity index (χ3v) is 2.92. The zero-order valence-corrected chi connectivity index (χ0v) is 11.4. The molecule has 1 aromatic carbocycles. The Morgan fingerprint density at radius 3 is 2.55 bits per heavy atom. The Morgan fingerprint density at radius 1 is 1.35 bits per heavy atom. The fraction of sp³-hybridized carbons (Fsp3) is 0.231. The van der Waals surface area contributed by atoms with Gasteiger partial charge in [0, 0.05) is 24.7 Å². The maximum Gasteiger partial charge on any atom is 0.341 e. The van der Waals surface area contributed by atoms with Crippen LogP contribution in [0, 0.1) is 0 Å². The van der Waals surface area contributed by atoms with Gasteiger partial charge in [0.2, 0.25) is 0 Å². The smallest absolute Gasteiger partial charge is 0.341 e. The number of phenolic OH excluding ortho intramolecular Hbond substituents is 1. The molecule has 0 aliphatic rings. The lowest BCUT2D eigenvalue weighted by molar-refractivity contribution is 0.0597. The second-order valence-corrected chi connectivity index (χ2v) is 4.14. The Morgan fingerprint density at radius 2 is 2.05 bits per heavy atom. The molecule has 106 valence electrons. The molecule has 0 spiro atoms. The van der Waals surface area contributed by atoms with Crippen molar-refractivity contribution in [3.05, 3.63) is 23.8 Å². The van der Waals surface area contributed by atoms with Crippen LogP contribution in [0.2, 0.25) is 0 Å². The van der Waals surface area contributed by atoms with Crippen LogP contribution in [0.15, 0.2) is 18.2 Å². The summed E-state index contributed by atoms with van der Waals surface area (Å²) in [6.45, 7) is 0. The minimum atomic E-state index is -0.643. The summed E-state index contributed by atoms with van der Waals surface area (Å²) in [5.41, 5.74) is 6.85. The van der Waals surface area contributed by atoms with Crippen molar-refractivity contribution in [2.45, 2.75) is 0 Å². The van der Waals surface area contributed by atoms with Crippen molar-refractivity contribution in [2.75, 3.05) is 20.0 Å². The highest BCUT2D eigenvalue weighted by Crippen LogP contribution is 2.35. The van der Waals surface area contributed by atoms with E-state index in [4.69, 9.17) is 10.5 Å². The van der Waals surface area contributed by atoms with Crippen molar-refractivity contribution in [2.24, 2.45) is 7.05 Å². The first-order chi connectivity index (χ1) is 9.47. The van der Waals surface area contributed by atoms with Gasteiger partial charge in [0.1, 0.15) is 22.9 Å². The van der Waals surface area contributed by atoms with Crippen LogP contribution in [0.4, 0.5) is 5.82 Å². The van der Waals surface area contributed by atoms with E-state index in [2.05, 4.69) is 9.84 Å². The van der Waals surface area contributed by atoms with Gasteiger partial charge >= 0.3 is 5.97 Å². The normalized spacial score (nSPS) is 10.3. The first-order valence-corrected chi connectivity index (χ1v) is 5.77. The van der Waals surface area contributed by atoms with Gasteiger partial charge < -0.3 is 20.3 Å². The molecule has 1 aromatic heterocycles. The predicted octanol–water partition coefficient (Wildman–Crippen LogP) is 1.17. The molecule has 7 heteroatoms. The van der Waals surface area contributed by atoms with E-state index in [1.807, 2.05) is 0 Å². The van der Waals surface area contributed by atoms with Crippen molar-refractivity contribution < 1.29 is 19.4 Å². The second-order valence-electron chi connectivity index (χ2n) is 4.14. The summed E-state index contributed by atoms with van der Waals surface area (Å²) >= 11 is 0. The van der Waals surface area contributed by atoms with Crippen LogP contribution in [0.3, 0.4) is 0 Å². The van der Waals surface area contributed by atoms with E-state index in [0.29, 0.717) is 22.8 Å². The number of methoxy groups -OCH3 is 2. The summed E-state index contributed by atoms with van der Waals surface area (Å²) in [4.78, 5) is 11.6. The SMILES string of the molecule is COC(=O)c1cc(-c2cc(N)n(C)n2)c(OC)cc1O. The molecule has 2 aromatic rings. The Labute approximate surface area is 115 Å².